The van der Waals surface area contributed by atoms with Gasteiger partial charge < -0.3 is 10.4 Å². The van der Waals surface area contributed by atoms with Gasteiger partial charge in [-0.25, -0.2) is 0 Å². The molecule has 0 radical (unpaired) electrons. The van der Waals surface area contributed by atoms with Crippen LogP contribution < -0.4 is 5.32 Å². The lowest BCUT2D eigenvalue weighted by atomic mass is 9.86. The van der Waals surface area contributed by atoms with Crippen molar-refractivity contribution in [3.63, 3.8) is 0 Å². The Morgan fingerprint density at radius 1 is 1.33 bits per heavy atom. The van der Waals surface area contributed by atoms with Gasteiger partial charge in [0, 0.05) is 16.1 Å². The minimum Gasteiger partial charge on any atom is -0.387 e. The third kappa shape index (κ3) is 3.39. The van der Waals surface area contributed by atoms with Crippen LogP contribution in [0.15, 0.2) is 18.2 Å². The van der Waals surface area contributed by atoms with Crippen LogP contribution in [0.1, 0.15) is 37.9 Å². The lowest BCUT2D eigenvalue weighted by Crippen LogP contribution is -2.42. The van der Waals surface area contributed by atoms with Gasteiger partial charge in [0.15, 0.2) is 0 Å². The fourth-order valence-electron chi connectivity index (χ4n) is 2.62. The number of nitrogens with one attached hydrogen (secondary N) is 1. The van der Waals surface area contributed by atoms with Crippen LogP contribution in [0.3, 0.4) is 0 Å². The molecule has 1 aliphatic rings. The third-order valence-corrected chi connectivity index (χ3v) is 4.17. The molecule has 1 heterocycles. The Kier molecular flexibility index (Phi) is 4.91. The summed E-state index contributed by atoms with van der Waals surface area (Å²) in [5.74, 6) is 0.695. The second-order valence-electron chi connectivity index (χ2n) is 5.01. The van der Waals surface area contributed by atoms with E-state index in [0.717, 1.165) is 18.5 Å². The second-order valence-corrected chi connectivity index (χ2v) is 5.88. The number of benzene rings is 1. The molecular formula is C14H19Cl2NO. The molecule has 4 heteroatoms. The zero-order chi connectivity index (χ0) is 13.1. The van der Waals surface area contributed by atoms with Crippen molar-refractivity contribution in [2.45, 2.75) is 38.3 Å². The maximum Gasteiger partial charge on any atom is 0.0944 e. The molecule has 0 amide bonds. The topological polar surface area (TPSA) is 32.3 Å². The molecule has 0 saturated carbocycles. The predicted molar refractivity (Wildman–Crippen MR) is 76.2 cm³/mol. The van der Waals surface area contributed by atoms with Gasteiger partial charge in [-0.15, -0.1) is 0 Å². The van der Waals surface area contributed by atoms with E-state index in [1.807, 2.05) is 0 Å². The smallest absolute Gasteiger partial charge is 0.0944 e. The number of piperidine rings is 1. The Labute approximate surface area is 118 Å². The Morgan fingerprint density at radius 2 is 2.00 bits per heavy atom. The Morgan fingerprint density at radius 3 is 2.61 bits per heavy atom. The van der Waals surface area contributed by atoms with Crippen molar-refractivity contribution in [1.82, 2.24) is 5.32 Å². The second kappa shape index (κ2) is 6.25. The third-order valence-electron chi connectivity index (χ3n) is 3.73. The molecule has 1 aromatic rings. The van der Waals surface area contributed by atoms with Gasteiger partial charge in [-0.1, -0.05) is 36.5 Å². The van der Waals surface area contributed by atoms with E-state index in [1.165, 1.54) is 12.8 Å². The molecule has 2 N–H and O–H groups in total. The zero-order valence-corrected chi connectivity index (χ0v) is 12.0. The molecule has 2 nitrogen and oxygen atoms in total. The maximum atomic E-state index is 10.4. The van der Waals surface area contributed by atoms with Crippen molar-refractivity contribution in [3.8, 4) is 0 Å². The molecule has 1 aromatic carbocycles. The molecule has 18 heavy (non-hydrogen) atoms. The molecule has 0 aliphatic carbocycles. The SMILES string of the molecule is CCC1CCNC(C(O)c2cc(Cl)cc(Cl)c2)C1. The summed E-state index contributed by atoms with van der Waals surface area (Å²) in [7, 11) is 0. The van der Waals surface area contributed by atoms with E-state index in [1.54, 1.807) is 18.2 Å². The Balaban J connectivity index is 2.12. The summed E-state index contributed by atoms with van der Waals surface area (Å²) >= 11 is 11.9. The van der Waals surface area contributed by atoms with Crippen LogP contribution in [-0.2, 0) is 0 Å². The molecule has 2 rings (SSSR count). The summed E-state index contributed by atoms with van der Waals surface area (Å²) in [4.78, 5) is 0. The number of aliphatic hydroxyl groups excluding tert-OH is 1. The first-order valence-corrected chi connectivity index (χ1v) is 7.23. The van der Waals surface area contributed by atoms with E-state index >= 15 is 0 Å². The number of hydrogen-bond donors (Lipinski definition) is 2. The molecular weight excluding hydrogens is 269 g/mol. The summed E-state index contributed by atoms with van der Waals surface area (Å²) < 4.78 is 0. The first-order chi connectivity index (χ1) is 8.60. The Bertz CT molecular complexity index is 391. The number of aliphatic hydroxyl groups is 1. The number of hydrogen-bond acceptors (Lipinski definition) is 2. The van der Waals surface area contributed by atoms with E-state index in [0.29, 0.717) is 16.0 Å². The minimum atomic E-state index is -0.546. The molecule has 0 aromatic heterocycles. The lowest BCUT2D eigenvalue weighted by molar-refractivity contribution is 0.0979. The highest BCUT2D eigenvalue weighted by atomic mass is 35.5. The van der Waals surface area contributed by atoms with Crippen molar-refractivity contribution >= 4 is 23.2 Å². The highest BCUT2D eigenvalue weighted by molar-refractivity contribution is 6.34. The predicted octanol–water partition coefficient (Wildman–Crippen LogP) is 3.81. The molecule has 1 saturated heterocycles. The van der Waals surface area contributed by atoms with Crippen molar-refractivity contribution in [2.24, 2.45) is 5.92 Å². The van der Waals surface area contributed by atoms with Crippen molar-refractivity contribution in [3.05, 3.63) is 33.8 Å². The van der Waals surface area contributed by atoms with E-state index in [9.17, 15) is 5.11 Å². The lowest BCUT2D eigenvalue weighted by Gasteiger charge is -2.33. The summed E-state index contributed by atoms with van der Waals surface area (Å²) in [5, 5.41) is 14.9. The van der Waals surface area contributed by atoms with Crippen LogP contribution in [0.5, 0.6) is 0 Å². The van der Waals surface area contributed by atoms with Gasteiger partial charge in [-0.05, 0) is 49.1 Å². The molecule has 1 aliphatic heterocycles. The zero-order valence-electron chi connectivity index (χ0n) is 10.5. The summed E-state index contributed by atoms with van der Waals surface area (Å²) in [6, 6.07) is 5.35. The molecule has 100 valence electrons. The van der Waals surface area contributed by atoms with Crippen molar-refractivity contribution in [2.75, 3.05) is 6.54 Å². The molecule has 3 atom stereocenters. The molecule has 0 spiro atoms. The fourth-order valence-corrected chi connectivity index (χ4v) is 3.17. The van der Waals surface area contributed by atoms with Gasteiger partial charge in [-0.3, -0.25) is 0 Å². The average molecular weight is 288 g/mol. The van der Waals surface area contributed by atoms with E-state index in [2.05, 4.69) is 12.2 Å². The largest absolute Gasteiger partial charge is 0.387 e. The first kappa shape index (κ1) is 14.1. The minimum absolute atomic E-state index is 0.0956. The van der Waals surface area contributed by atoms with Crippen LogP contribution in [0, 0.1) is 5.92 Å². The fraction of sp³-hybridized carbons (Fsp3) is 0.571. The van der Waals surface area contributed by atoms with Crippen LogP contribution in [0.25, 0.3) is 0 Å². The van der Waals surface area contributed by atoms with Crippen LogP contribution in [0.4, 0.5) is 0 Å². The Hall–Kier alpha value is -0.280. The van der Waals surface area contributed by atoms with Gasteiger partial charge in [0.2, 0.25) is 0 Å². The summed E-state index contributed by atoms with van der Waals surface area (Å²) in [6.45, 7) is 3.17. The van der Waals surface area contributed by atoms with E-state index < -0.39 is 6.10 Å². The number of halogens is 2. The number of rotatable bonds is 3. The van der Waals surface area contributed by atoms with Crippen molar-refractivity contribution < 1.29 is 5.11 Å². The van der Waals surface area contributed by atoms with Gasteiger partial charge in [0.05, 0.1) is 6.10 Å². The normalized spacial score (nSPS) is 26.0. The van der Waals surface area contributed by atoms with Gasteiger partial charge >= 0.3 is 0 Å². The average Bonchev–Trinajstić information content (AvgIpc) is 2.37. The van der Waals surface area contributed by atoms with Crippen LogP contribution in [0.2, 0.25) is 10.0 Å². The standard InChI is InChI=1S/C14H19Cl2NO/c1-2-9-3-4-17-13(5-9)14(18)10-6-11(15)8-12(16)7-10/h6-9,13-14,17-18H,2-5H2,1H3. The highest BCUT2D eigenvalue weighted by Crippen LogP contribution is 2.30. The maximum absolute atomic E-state index is 10.4. The quantitative estimate of drug-likeness (QED) is 0.886. The van der Waals surface area contributed by atoms with Crippen LogP contribution >= 0.6 is 23.2 Å². The summed E-state index contributed by atoms with van der Waals surface area (Å²) in [5.41, 5.74) is 0.793. The van der Waals surface area contributed by atoms with Crippen LogP contribution in [-0.4, -0.2) is 17.7 Å². The molecule has 1 fully saturated rings. The first-order valence-electron chi connectivity index (χ1n) is 6.47. The molecule has 3 unspecified atom stereocenters. The van der Waals surface area contributed by atoms with E-state index in [4.69, 9.17) is 23.2 Å². The van der Waals surface area contributed by atoms with Gasteiger partial charge in [0.1, 0.15) is 0 Å². The van der Waals surface area contributed by atoms with Gasteiger partial charge in [-0.2, -0.15) is 0 Å². The van der Waals surface area contributed by atoms with Crippen molar-refractivity contribution in [1.29, 1.82) is 0 Å². The molecule has 0 bridgehead atoms. The monoisotopic (exact) mass is 287 g/mol. The highest BCUT2D eigenvalue weighted by Gasteiger charge is 2.27. The summed E-state index contributed by atoms with van der Waals surface area (Å²) in [6.07, 6.45) is 2.81. The van der Waals surface area contributed by atoms with E-state index in [-0.39, 0.29) is 6.04 Å². The van der Waals surface area contributed by atoms with Gasteiger partial charge in [0.25, 0.3) is 0 Å².